The van der Waals surface area contributed by atoms with Gasteiger partial charge < -0.3 is 0 Å². The third kappa shape index (κ3) is 4.13. The van der Waals surface area contributed by atoms with Crippen LogP contribution in [0.5, 0.6) is 0 Å². The summed E-state index contributed by atoms with van der Waals surface area (Å²) in [5, 5.41) is 0. The SMILES string of the molecule is CC[B]B(C)C. The monoisotopic (exact) mass is 81.1 g/mol. The summed E-state index contributed by atoms with van der Waals surface area (Å²) in [7, 11) is 2.29. The fourth-order valence-electron chi connectivity index (χ4n) is 0.471. The molecule has 0 bridgehead atoms. The quantitative estimate of drug-likeness (QED) is 0.440. The van der Waals surface area contributed by atoms with Crippen molar-refractivity contribution in [2.24, 2.45) is 0 Å². The van der Waals surface area contributed by atoms with Gasteiger partial charge in [0.2, 0.25) is 0 Å². The number of hydrogen-bond acceptors (Lipinski definition) is 0. The van der Waals surface area contributed by atoms with Gasteiger partial charge in [0.25, 0.3) is 0 Å². The summed E-state index contributed by atoms with van der Waals surface area (Å²) in [6.45, 7) is 7.34. The van der Waals surface area contributed by atoms with Crippen LogP contribution in [0.25, 0.3) is 0 Å². The predicted molar refractivity (Wildman–Crippen MR) is 33.7 cm³/mol. The van der Waals surface area contributed by atoms with E-state index in [-0.39, 0.29) is 0 Å². The first-order valence-corrected chi connectivity index (χ1v) is 2.60. The Balaban J connectivity index is 2.63. The minimum Gasteiger partial charge on any atom is -0.0929 e. The molecule has 0 aromatic carbocycles. The lowest BCUT2D eigenvalue weighted by Gasteiger charge is -1.89. The second kappa shape index (κ2) is 3.32. The van der Waals surface area contributed by atoms with Crippen LogP contribution < -0.4 is 0 Å². The maximum atomic E-state index is 2.29. The van der Waals surface area contributed by atoms with E-state index in [2.05, 4.69) is 27.7 Å². The molecule has 0 aliphatic rings. The standard InChI is InChI=1S/C4H11B2/c1-4-5-6(2)3/h4H2,1-3H3. The van der Waals surface area contributed by atoms with Crippen molar-refractivity contribution < 1.29 is 0 Å². The first kappa shape index (κ1) is 6.13. The Morgan fingerprint density at radius 3 is 2.00 bits per heavy atom. The summed E-state index contributed by atoms with van der Waals surface area (Å²) in [6, 6.07) is 0. The fourth-order valence-corrected chi connectivity index (χ4v) is 0.471. The molecule has 0 saturated heterocycles. The van der Waals surface area contributed by atoms with Crippen LogP contribution in [-0.4, -0.2) is 13.8 Å². The van der Waals surface area contributed by atoms with E-state index < -0.39 is 0 Å². The number of rotatable bonds is 2. The third-order valence-corrected chi connectivity index (χ3v) is 0.707. The molecule has 33 valence electrons. The van der Waals surface area contributed by atoms with Gasteiger partial charge in [-0.3, -0.25) is 0 Å². The normalized spacial score (nSPS) is 7.83. The Kier molecular flexibility index (Phi) is 3.40. The van der Waals surface area contributed by atoms with Gasteiger partial charge >= 0.3 is 0 Å². The Labute approximate surface area is 41.6 Å². The summed E-state index contributed by atoms with van der Waals surface area (Å²) in [5.74, 6) is 0. The van der Waals surface area contributed by atoms with Gasteiger partial charge in [-0.25, -0.2) is 0 Å². The lowest BCUT2D eigenvalue weighted by Crippen LogP contribution is -2.09. The van der Waals surface area contributed by atoms with Crippen molar-refractivity contribution >= 4 is 13.8 Å². The molecule has 0 heterocycles. The molecular formula is C4H11B2. The van der Waals surface area contributed by atoms with Crippen molar-refractivity contribution in [1.29, 1.82) is 0 Å². The van der Waals surface area contributed by atoms with Crippen LogP contribution in [0.2, 0.25) is 20.0 Å². The molecule has 0 atom stereocenters. The van der Waals surface area contributed by atoms with E-state index in [0.29, 0.717) is 0 Å². The van der Waals surface area contributed by atoms with Crippen molar-refractivity contribution in [3.05, 3.63) is 0 Å². The zero-order valence-electron chi connectivity index (χ0n) is 4.86. The Morgan fingerprint density at radius 2 is 2.00 bits per heavy atom. The van der Waals surface area contributed by atoms with Gasteiger partial charge in [0, 0.05) is 0 Å². The molecule has 2 heteroatoms. The van der Waals surface area contributed by atoms with Crippen molar-refractivity contribution in [1.82, 2.24) is 0 Å². The summed E-state index contributed by atoms with van der Waals surface area (Å²) < 4.78 is 0. The molecule has 0 nitrogen and oxygen atoms in total. The van der Waals surface area contributed by atoms with E-state index in [1.807, 2.05) is 0 Å². The third-order valence-electron chi connectivity index (χ3n) is 0.707. The maximum Gasteiger partial charge on any atom is 0.0935 e. The summed E-state index contributed by atoms with van der Waals surface area (Å²) in [5.41, 5.74) is 0. The lowest BCUT2D eigenvalue weighted by molar-refractivity contribution is 1.47. The topological polar surface area (TPSA) is 0 Å². The van der Waals surface area contributed by atoms with E-state index in [1.165, 1.54) is 6.32 Å². The highest BCUT2D eigenvalue weighted by Crippen LogP contribution is 1.79. The minimum atomic E-state index is 0.773. The Morgan fingerprint density at radius 1 is 1.50 bits per heavy atom. The largest absolute Gasteiger partial charge is 0.0935 e. The van der Waals surface area contributed by atoms with E-state index >= 15 is 0 Å². The first-order valence-electron chi connectivity index (χ1n) is 2.60. The van der Waals surface area contributed by atoms with Crippen LogP contribution in [-0.2, 0) is 0 Å². The van der Waals surface area contributed by atoms with Gasteiger partial charge in [-0.1, -0.05) is 26.9 Å². The van der Waals surface area contributed by atoms with Crippen LogP contribution >= 0.6 is 0 Å². The molecule has 0 saturated carbocycles. The van der Waals surface area contributed by atoms with Gasteiger partial charge in [-0.15, -0.1) is 0 Å². The smallest absolute Gasteiger partial charge is 0.0929 e. The highest BCUT2D eigenvalue weighted by Gasteiger charge is 1.93. The van der Waals surface area contributed by atoms with Gasteiger partial charge in [0.05, 0.1) is 13.8 Å². The van der Waals surface area contributed by atoms with Crippen LogP contribution in [0, 0.1) is 0 Å². The molecule has 0 aliphatic heterocycles. The maximum absolute atomic E-state index is 2.29. The zero-order chi connectivity index (χ0) is 4.99. The highest BCUT2D eigenvalue weighted by molar-refractivity contribution is 7.11. The van der Waals surface area contributed by atoms with Crippen molar-refractivity contribution in [3.63, 3.8) is 0 Å². The molecule has 0 fully saturated rings. The molecular weight excluding hydrogens is 69.7 g/mol. The molecule has 1 radical (unpaired) electrons. The highest BCUT2D eigenvalue weighted by atomic mass is 13.4. The van der Waals surface area contributed by atoms with Gasteiger partial charge in [-0.05, 0) is 0 Å². The van der Waals surface area contributed by atoms with Gasteiger partial charge in [0.1, 0.15) is 0 Å². The molecule has 0 unspecified atom stereocenters. The Hall–Kier alpha value is 0.130. The van der Waals surface area contributed by atoms with E-state index in [0.717, 1.165) is 6.60 Å². The number of hydrogen-bond donors (Lipinski definition) is 0. The first-order chi connectivity index (χ1) is 2.77. The molecule has 6 heavy (non-hydrogen) atoms. The van der Waals surface area contributed by atoms with Gasteiger partial charge in [-0.2, -0.15) is 0 Å². The molecule has 0 aliphatic carbocycles. The molecule has 0 spiro atoms. The Bertz CT molecular complexity index is 26.7. The fraction of sp³-hybridized carbons (Fsp3) is 1.00. The minimum absolute atomic E-state index is 0.773. The zero-order valence-corrected chi connectivity index (χ0v) is 4.86. The molecule has 0 aromatic heterocycles. The molecule has 0 rings (SSSR count). The van der Waals surface area contributed by atoms with E-state index in [9.17, 15) is 0 Å². The van der Waals surface area contributed by atoms with Crippen molar-refractivity contribution in [3.8, 4) is 0 Å². The van der Waals surface area contributed by atoms with Crippen LogP contribution in [0.3, 0.4) is 0 Å². The van der Waals surface area contributed by atoms with Crippen LogP contribution in [0.4, 0.5) is 0 Å². The predicted octanol–water partition coefficient (Wildman–Crippen LogP) is 1.38. The van der Waals surface area contributed by atoms with E-state index in [1.54, 1.807) is 0 Å². The average Bonchev–Trinajstić information content (AvgIpc) is 1.35. The molecule has 0 N–H and O–H groups in total. The molecule has 0 aromatic rings. The van der Waals surface area contributed by atoms with Crippen molar-refractivity contribution in [2.75, 3.05) is 0 Å². The summed E-state index contributed by atoms with van der Waals surface area (Å²) >= 11 is 0. The van der Waals surface area contributed by atoms with Gasteiger partial charge in [0.15, 0.2) is 0 Å². The second-order valence-electron chi connectivity index (χ2n) is 1.89. The average molecular weight is 80.8 g/mol. The molecule has 0 amide bonds. The lowest BCUT2D eigenvalue weighted by atomic mass is 9.23. The van der Waals surface area contributed by atoms with Crippen molar-refractivity contribution in [2.45, 2.75) is 26.9 Å². The van der Waals surface area contributed by atoms with Crippen LogP contribution in [0.1, 0.15) is 6.92 Å². The summed E-state index contributed by atoms with van der Waals surface area (Å²) in [4.78, 5) is 0. The summed E-state index contributed by atoms with van der Waals surface area (Å²) in [6.07, 6.45) is 1.21. The van der Waals surface area contributed by atoms with Crippen LogP contribution in [0.15, 0.2) is 0 Å². The second-order valence-corrected chi connectivity index (χ2v) is 1.89. The van der Waals surface area contributed by atoms with E-state index in [4.69, 9.17) is 0 Å².